The lowest BCUT2D eigenvalue weighted by Gasteiger charge is -2.30. The number of fused-ring (bicyclic) bond motifs is 1. The van der Waals surface area contributed by atoms with Gasteiger partial charge in [0.1, 0.15) is 0 Å². The number of pyridine rings is 1. The van der Waals surface area contributed by atoms with E-state index < -0.39 is 17.5 Å². The fourth-order valence-corrected chi connectivity index (χ4v) is 4.81. The van der Waals surface area contributed by atoms with Crippen LogP contribution in [0.25, 0.3) is 10.9 Å². The van der Waals surface area contributed by atoms with Crippen molar-refractivity contribution in [1.82, 2.24) is 25.4 Å². The highest BCUT2D eigenvalue weighted by molar-refractivity contribution is 5.82. The van der Waals surface area contributed by atoms with Crippen molar-refractivity contribution >= 4 is 16.8 Å². The predicted octanol–water partition coefficient (Wildman–Crippen LogP) is 4.37. The SMILES string of the molecule is Cc1cc(CC(CNC(=O)CC(c2cccnc2)C2(C(F)(F)F)CC2)N(C)C)cc2cn[nH]c12. The van der Waals surface area contributed by atoms with Gasteiger partial charge in [-0.25, -0.2) is 0 Å². The summed E-state index contributed by atoms with van der Waals surface area (Å²) in [5, 5.41) is 11.0. The lowest BCUT2D eigenvalue weighted by molar-refractivity contribution is -0.194. The number of aromatic nitrogens is 3. The number of likely N-dealkylation sites (N-methyl/N-ethyl adjacent to an activating group) is 1. The highest BCUT2D eigenvalue weighted by Gasteiger charge is 2.67. The van der Waals surface area contributed by atoms with E-state index in [0.717, 1.165) is 22.0 Å². The van der Waals surface area contributed by atoms with Crippen LogP contribution in [0.5, 0.6) is 0 Å². The monoisotopic (exact) mass is 473 g/mol. The molecule has 1 aliphatic carbocycles. The summed E-state index contributed by atoms with van der Waals surface area (Å²) in [4.78, 5) is 18.9. The van der Waals surface area contributed by atoms with Crippen molar-refractivity contribution in [3.63, 3.8) is 0 Å². The number of hydrogen-bond donors (Lipinski definition) is 2. The molecule has 1 aliphatic rings. The van der Waals surface area contributed by atoms with Crippen molar-refractivity contribution in [2.45, 2.75) is 50.7 Å². The van der Waals surface area contributed by atoms with Gasteiger partial charge in [-0.3, -0.25) is 14.9 Å². The first kappa shape index (κ1) is 24.2. The third-order valence-corrected chi connectivity index (χ3v) is 7.04. The molecular formula is C25H30F3N5O. The van der Waals surface area contributed by atoms with Crippen molar-refractivity contribution in [2.75, 3.05) is 20.6 Å². The van der Waals surface area contributed by atoms with Crippen LogP contribution in [-0.2, 0) is 11.2 Å². The van der Waals surface area contributed by atoms with Crippen molar-refractivity contribution < 1.29 is 18.0 Å². The standard InChI is InChI=1S/C25H30F3N5O/c1-16-9-17(10-19-14-31-32-23(16)19)11-20(33(2)3)15-30-22(34)12-21(18-5-4-8-29-13-18)24(6-7-24)25(26,27)28/h4-5,8-10,13-14,20-21H,6-7,11-12,15H2,1-3H3,(H,30,34)(H,31,32). The molecule has 0 bridgehead atoms. The molecule has 1 amide bonds. The molecule has 2 atom stereocenters. The van der Waals surface area contributed by atoms with E-state index in [9.17, 15) is 18.0 Å². The summed E-state index contributed by atoms with van der Waals surface area (Å²) in [5.41, 5.74) is 1.82. The second kappa shape index (κ2) is 9.37. The van der Waals surface area contributed by atoms with E-state index in [2.05, 4.69) is 32.6 Å². The molecule has 1 fully saturated rings. The fraction of sp³-hybridized carbons (Fsp3) is 0.480. The first-order valence-electron chi connectivity index (χ1n) is 11.4. The molecule has 2 unspecified atom stereocenters. The van der Waals surface area contributed by atoms with E-state index in [1.165, 1.54) is 12.4 Å². The number of benzene rings is 1. The molecule has 3 aromatic rings. The molecule has 6 nitrogen and oxygen atoms in total. The number of nitrogens with one attached hydrogen (secondary N) is 2. The number of carbonyl (C=O) groups excluding carboxylic acids is 1. The molecule has 2 heterocycles. The summed E-state index contributed by atoms with van der Waals surface area (Å²) in [6, 6.07) is 7.41. The maximum absolute atomic E-state index is 13.9. The van der Waals surface area contributed by atoms with Crippen molar-refractivity contribution in [2.24, 2.45) is 5.41 Å². The topological polar surface area (TPSA) is 73.9 Å². The molecular weight excluding hydrogens is 443 g/mol. The van der Waals surface area contributed by atoms with Gasteiger partial charge in [0.25, 0.3) is 0 Å². The van der Waals surface area contributed by atoms with Crippen LogP contribution in [0, 0.1) is 12.3 Å². The maximum atomic E-state index is 13.9. The molecule has 1 saturated carbocycles. The fourth-order valence-electron chi connectivity index (χ4n) is 4.81. The van der Waals surface area contributed by atoms with Crippen molar-refractivity contribution in [1.29, 1.82) is 0 Å². The van der Waals surface area contributed by atoms with Gasteiger partial charge in [-0.1, -0.05) is 12.1 Å². The van der Waals surface area contributed by atoms with Gasteiger partial charge < -0.3 is 10.2 Å². The number of alkyl halides is 3. The van der Waals surface area contributed by atoms with Crippen LogP contribution in [0.1, 0.15) is 41.9 Å². The van der Waals surface area contributed by atoms with E-state index in [1.54, 1.807) is 18.3 Å². The molecule has 2 aromatic heterocycles. The molecule has 0 spiro atoms. The number of H-pyrrole nitrogens is 1. The number of aromatic amines is 1. The first-order valence-corrected chi connectivity index (χ1v) is 11.4. The minimum absolute atomic E-state index is 0.0120. The Morgan fingerprint density at radius 2 is 2.03 bits per heavy atom. The number of rotatable bonds is 9. The summed E-state index contributed by atoms with van der Waals surface area (Å²) in [6.07, 6.45) is 0.950. The number of hydrogen-bond acceptors (Lipinski definition) is 4. The molecule has 4 rings (SSSR count). The Balaban J connectivity index is 1.44. The number of amides is 1. The first-order chi connectivity index (χ1) is 16.1. The number of carbonyl (C=O) groups is 1. The summed E-state index contributed by atoms with van der Waals surface area (Å²) in [6.45, 7) is 2.36. The van der Waals surface area contributed by atoms with Gasteiger partial charge >= 0.3 is 6.18 Å². The maximum Gasteiger partial charge on any atom is 0.395 e. The second-order valence-corrected chi connectivity index (χ2v) is 9.57. The molecule has 1 aromatic carbocycles. The van der Waals surface area contributed by atoms with Crippen LogP contribution < -0.4 is 5.32 Å². The number of aryl methyl sites for hydroxylation is 1. The third-order valence-electron chi connectivity index (χ3n) is 7.04. The zero-order valence-corrected chi connectivity index (χ0v) is 19.6. The third kappa shape index (κ3) is 4.94. The molecule has 34 heavy (non-hydrogen) atoms. The highest BCUT2D eigenvalue weighted by atomic mass is 19.4. The quantitative estimate of drug-likeness (QED) is 0.484. The zero-order chi connectivity index (χ0) is 24.5. The normalized spacial score (nSPS) is 17.0. The molecule has 0 radical (unpaired) electrons. The van der Waals surface area contributed by atoms with Gasteiger partial charge in [-0.2, -0.15) is 18.3 Å². The van der Waals surface area contributed by atoms with Crippen LogP contribution in [0.4, 0.5) is 13.2 Å². The Morgan fingerprint density at radius 1 is 1.26 bits per heavy atom. The predicted molar refractivity (Wildman–Crippen MR) is 124 cm³/mol. The van der Waals surface area contributed by atoms with E-state index in [1.807, 2.05) is 25.9 Å². The highest BCUT2D eigenvalue weighted by Crippen LogP contribution is 2.66. The Bertz CT molecular complexity index is 1140. The van der Waals surface area contributed by atoms with Gasteiger partial charge in [0.15, 0.2) is 0 Å². The van der Waals surface area contributed by atoms with Gasteiger partial charge in [0, 0.05) is 42.7 Å². The molecule has 2 N–H and O–H groups in total. The van der Waals surface area contributed by atoms with Crippen LogP contribution in [-0.4, -0.2) is 58.8 Å². The lowest BCUT2D eigenvalue weighted by atomic mass is 9.80. The van der Waals surface area contributed by atoms with Gasteiger partial charge in [0.2, 0.25) is 5.91 Å². The Labute approximate surface area is 196 Å². The Kier molecular flexibility index (Phi) is 6.66. The van der Waals surface area contributed by atoms with Crippen molar-refractivity contribution in [3.8, 4) is 0 Å². The molecule has 0 aliphatic heterocycles. The molecule has 9 heteroatoms. The van der Waals surface area contributed by atoms with Crippen molar-refractivity contribution in [3.05, 3.63) is 59.5 Å². The van der Waals surface area contributed by atoms with E-state index >= 15 is 0 Å². The van der Waals surface area contributed by atoms with E-state index in [-0.39, 0.29) is 31.2 Å². The second-order valence-electron chi connectivity index (χ2n) is 9.57. The van der Waals surface area contributed by atoms with Crippen LogP contribution in [0.15, 0.2) is 42.9 Å². The minimum atomic E-state index is -4.36. The van der Waals surface area contributed by atoms with Crippen LogP contribution in [0.3, 0.4) is 0 Å². The largest absolute Gasteiger partial charge is 0.395 e. The molecule has 182 valence electrons. The number of nitrogens with zero attached hydrogens (tertiary/aromatic N) is 3. The van der Waals surface area contributed by atoms with E-state index in [4.69, 9.17) is 0 Å². The summed E-state index contributed by atoms with van der Waals surface area (Å²) in [5.74, 6) is -1.32. The summed E-state index contributed by atoms with van der Waals surface area (Å²) < 4.78 is 41.7. The van der Waals surface area contributed by atoms with E-state index in [0.29, 0.717) is 18.5 Å². The molecule has 0 saturated heterocycles. The minimum Gasteiger partial charge on any atom is -0.355 e. The average molecular weight is 474 g/mol. The summed E-state index contributed by atoms with van der Waals surface area (Å²) >= 11 is 0. The van der Waals surface area contributed by atoms with Gasteiger partial charge in [-0.05, 0) is 69.1 Å². The average Bonchev–Trinajstić information content (AvgIpc) is 3.46. The number of halogens is 3. The van der Waals surface area contributed by atoms with Crippen LogP contribution >= 0.6 is 0 Å². The Morgan fingerprint density at radius 3 is 2.65 bits per heavy atom. The van der Waals surface area contributed by atoms with Gasteiger partial charge in [-0.15, -0.1) is 0 Å². The van der Waals surface area contributed by atoms with Crippen LogP contribution in [0.2, 0.25) is 0 Å². The Hall–Kier alpha value is -2.94. The summed E-state index contributed by atoms with van der Waals surface area (Å²) in [7, 11) is 3.86. The smallest absolute Gasteiger partial charge is 0.355 e. The van der Waals surface area contributed by atoms with Gasteiger partial charge in [0.05, 0.1) is 17.1 Å². The lowest BCUT2D eigenvalue weighted by Crippen LogP contribution is -2.42. The zero-order valence-electron chi connectivity index (χ0n) is 19.6.